The number of amides is 1. The van der Waals surface area contributed by atoms with Crippen LogP contribution in [0.4, 0.5) is 11.4 Å². The fourth-order valence-corrected chi connectivity index (χ4v) is 4.23. The van der Waals surface area contributed by atoms with Crippen LogP contribution in [-0.4, -0.2) is 34.6 Å². The minimum atomic E-state index is -2.71. The molecule has 0 spiro atoms. The van der Waals surface area contributed by atoms with Gasteiger partial charge in [0, 0.05) is 15.8 Å². The van der Waals surface area contributed by atoms with Crippen molar-refractivity contribution in [1.29, 1.82) is 0 Å². The molecule has 4 rings (SSSR count). The van der Waals surface area contributed by atoms with Crippen LogP contribution in [-0.2, 0) is 19.1 Å². The van der Waals surface area contributed by atoms with E-state index in [4.69, 9.17) is 4.74 Å². The SMILES string of the molecule is Cc1ccc(N/C(=C2\C(=O)C(=O)N(c3ccc(Br)cc3)C2(O)C(=O)OC(C)C)c2ccccc2)cc1. The van der Waals surface area contributed by atoms with Crippen LogP contribution in [0.5, 0.6) is 0 Å². The Balaban J connectivity index is 2.00. The number of aryl methyl sites for hydroxylation is 1. The van der Waals surface area contributed by atoms with Crippen LogP contribution in [0.15, 0.2) is 88.9 Å². The number of ketones is 1. The average Bonchev–Trinajstić information content (AvgIpc) is 3.05. The average molecular weight is 549 g/mol. The molecule has 1 atom stereocenters. The van der Waals surface area contributed by atoms with Crippen molar-refractivity contribution in [3.63, 3.8) is 0 Å². The summed E-state index contributed by atoms with van der Waals surface area (Å²) in [6.07, 6.45) is -0.606. The fourth-order valence-electron chi connectivity index (χ4n) is 3.96. The Labute approximate surface area is 217 Å². The third-order valence-corrected chi connectivity index (χ3v) is 6.17. The van der Waals surface area contributed by atoms with E-state index in [1.807, 2.05) is 19.1 Å². The van der Waals surface area contributed by atoms with E-state index in [-0.39, 0.29) is 11.4 Å². The zero-order valence-corrected chi connectivity index (χ0v) is 21.6. The Morgan fingerprint density at radius 3 is 2.17 bits per heavy atom. The number of aliphatic hydroxyl groups is 1. The largest absolute Gasteiger partial charge is 0.459 e. The van der Waals surface area contributed by atoms with Gasteiger partial charge in [0.2, 0.25) is 0 Å². The van der Waals surface area contributed by atoms with E-state index in [1.165, 1.54) is 12.1 Å². The molecule has 1 unspecified atom stereocenters. The molecule has 0 saturated carbocycles. The zero-order chi connectivity index (χ0) is 26.0. The molecule has 0 radical (unpaired) electrons. The van der Waals surface area contributed by atoms with Crippen molar-refractivity contribution in [3.05, 3.63) is 100 Å². The molecular weight excluding hydrogens is 524 g/mol. The van der Waals surface area contributed by atoms with Gasteiger partial charge in [-0.1, -0.05) is 64.0 Å². The van der Waals surface area contributed by atoms with Crippen LogP contribution in [0.1, 0.15) is 25.0 Å². The number of ether oxygens (including phenoxy) is 1. The number of Topliss-reactive ketones (excluding diaryl/α,β-unsaturated/α-hetero) is 1. The highest BCUT2D eigenvalue weighted by Gasteiger charge is 2.62. The first kappa shape index (κ1) is 25.3. The van der Waals surface area contributed by atoms with Gasteiger partial charge in [0.15, 0.2) is 0 Å². The molecule has 36 heavy (non-hydrogen) atoms. The number of rotatable bonds is 6. The zero-order valence-electron chi connectivity index (χ0n) is 20.0. The van der Waals surface area contributed by atoms with Crippen LogP contribution >= 0.6 is 15.9 Å². The molecule has 0 bridgehead atoms. The van der Waals surface area contributed by atoms with Crippen molar-refractivity contribution in [1.82, 2.24) is 0 Å². The quantitative estimate of drug-likeness (QED) is 0.260. The number of hydrogen-bond acceptors (Lipinski definition) is 6. The van der Waals surface area contributed by atoms with Gasteiger partial charge in [-0.15, -0.1) is 0 Å². The summed E-state index contributed by atoms with van der Waals surface area (Å²) in [7, 11) is 0. The monoisotopic (exact) mass is 548 g/mol. The molecule has 1 fully saturated rings. The number of nitrogens with zero attached hydrogens (tertiary/aromatic N) is 1. The second-order valence-corrected chi connectivity index (χ2v) is 9.60. The molecular formula is C28H25BrN2O5. The second kappa shape index (κ2) is 10.1. The van der Waals surface area contributed by atoms with Crippen LogP contribution in [0, 0.1) is 6.92 Å². The Morgan fingerprint density at radius 1 is 0.972 bits per heavy atom. The molecule has 8 heteroatoms. The molecule has 7 nitrogen and oxygen atoms in total. The van der Waals surface area contributed by atoms with Crippen LogP contribution in [0.3, 0.4) is 0 Å². The number of hydrogen-bond donors (Lipinski definition) is 2. The molecule has 1 aliphatic heterocycles. The third-order valence-electron chi connectivity index (χ3n) is 5.64. The maximum atomic E-state index is 13.6. The van der Waals surface area contributed by atoms with Gasteiger partial charge in [0.1, 0.15) is 0 Å². The van der Waals surface area contributed by atoms with Gasteiger partial charge in [-0.3, -0.25) is 14.5 Å². The smallest absolute Gasteiger partial charge is 0.365 e. The van der Waals surface area contributed by atoms with Crippen LogP contribution in [0.2, 0.25) is 0 Å². The van der Waals surface area contributed by atoms with E-state index < -0.39 is 35.1 Å². The molecule has 1 aliphatic rings. The van der Waals surface area contributed by atoms with Gasteiger partial charge in [-0.05, 0) is 62.7 Å². The lowest BCUT2D eigenvalue weighted by atomic mass is 9.95. The Morgan fingerprint density at radius 2 is 1.58 bits per heavy atom. The molecule has 3 aromatic carbocycles. The highest BCUT2D eigenvalue weighted by atomic mass is 79.9. The van der Waals surface area contributed by atoms with E-state index in [9.17, 15) is 19.5 Å². The topological polar surface area (TPSA) is 95.9 Å². The van der Waals surface area contributed by atoms with E-state index in [1.54, 1.807) is 68.4 Å². The maximum Gasteiger partial charge on any atom is 0.365 e. The first-order chi connectivity index (χ1) is 17.1. The Hall–Kier alpha value is -3.75. The summed E-state index contributed by atoms with van der Waals surface area (Å²) in [5.74, 6) is -3.19. The molecule has 1 saturated heterocycles. The van der Waals surface area contributed by atoms with Gasteiger partial charge in [-0.25, -0.2) is 4.79 Å². The summed E-state index contributed by atoms with van der Waals surface area (Å²) in [5, 5.41) is 15.2. The number of halogens is 1. The standard InChI is InChI=1S/C28H25BrN2O5/c1-17(2)36-27(34)28(35)23(25(32)26(33)31(28)22-15-11-20(29)12-16-22)24(19-7-5-4-6-8-19)30-21-13-9-18(3)10-14-21/h4-17,30,35H,1-3H3/b24-23+. The summed E-state index contributed by atoms with van der Waals surface area (Å²) < 4.78 is 6.11. The molecule has 184 valence electrons. The molecule has 0 aliphatic carbocycles. The third kappa shape index (κ3) is 4.69. The van der Waals surface area contributed by atoms with E-state index in [0.29, 0.717) is 11.3 Å². The van der Waals surface area contributed by atoms with Crippen molar-refractivity contribution in [2.45, 2.75) is 32.6 Å². The second-order valence-electron chi connectivity index (χ2n) is 8.68. The van der Waals surface area contributed by atoms with Crippen LogP contribution < -0.4 is 10.2 Å². The van der Waals surface area contributed by atoms with Crippen molar-refractivity contribution in [2.24, 2.45) is 0 Å². The predicted molar refractivity (Wildman–Crippen MR) is 141 cm³/mol. The Kier molecular flexibility index (Phi) is 7.10. The first-order valence-corrected chi connectivity index (χ1v) is 12.1. The number of esters is 1. The van der Waals surface area contributed by atoms with E-state index >= 15 is 0 Å². The minimum absolute atomic E-state index is 0.126. The normalized spacial score (nSPS) is 19.0. The van der Waals surface area contributed by atoms with Crippen molar-refractivity contribution in [3.8, 4) is 0 Å². The number of carbonyl (C=O) groups excluding carboxylic acids is 3. The summed E-state index contributed by atoms with van der Waals surface area (Å²) >= 11 is 3.34. The highest BCUT2D eigenvalue weighted by Crippen LogP contribution is 2.41. The summed E-state index contributed by atoms with van der Waals surface area (Å²) in [4.78, 5) is 41.2. The lowest BCUT2D eigenvalue weighted by Gasteiger charge is -2.33. The highest BCUT2D eigenvalue weighted by molar-refractivity contribution is 9.10. The molecule has 0 aromatic heterocycles. The van der Waals surface area contributed by atoms with Gasteiger partial charge in [-0.2, -0.15) is 0 Å². The number of nitrogens with one attached hydrogen (secondary N) is 1. The van der Waals surface area contributed by atoms with E-state index in [2.05, 4.69) is 21.2 Å². The van der Waals surface area contributed by atoms with Gasteiger partial charge in [0.05, 0.1) is 17.4 Å². The summed E-state index contributed by atoms with van der Waals surface area (Å²) in [6, 6.07) is 22.5. The van der Waals surface area contributed by atoms with Gasteiger partial charge in [0.25, 0.3) is 11.5 Å². The molecule has 2 N–H and O–H groups in total. The summed E-state index contributed by atoms with van der Waals surface area (Å²) in [6.45, 7) is 5.18. The van der Waals surface area contributed by atoms with Crippen molar-refractivity contribution in [2.75, 3.05) is 10.2 Å². The van der Waals surface area contributed by atoms with Crippen LogP contribution in [0.25, 0.3) is 5.70 Å². The van der Waals surface area contributed by atoms with Crippen molar-refractivity contribution >= 4 is 50.7 Å². The number of anilines is 2. The number of benzene rings is 3. The summed E-state index contributed by atoms with van der Waals surface area (Å²) in [5.41, 5.74) is -0.697. The Bertz CT molecular complexity index is 1330. The van der Waals surface area contributed by atoms with Gasteiger partial charge >= 0.3 is 11.9 Å². The van der Waals surface area contributed by atoms with Crippen molar-refractivity contribution < 1.29 is 24.2 Å². The predicted octanol–water partition coefficient (Wildman–Crippen LogP) is 4.84. The molecule has 3 aromatic rings. The molecule has 1 heterocycles. The maximum absolute atomic E-state index is 13.6. The molecule has 1 amide bonds. The minimum Gasteiger partial charge on any atom is -0.459 e. The van der Waals surface area contributed by atoms with E-state index in [0.717, 1.165) is 14.9 Å². The first-order valence-electron chi connectivity index (χ1n) is 11.3. The fraction of sp³-hybridized carbons (Fsp3) is 0.179. The number of carbonyl (C=O) groups is 3. The lowest BCUT2D eigenvalue weighted by molar-refractivity contribution is -0.165. The lowest BCUT2D eigenvalue weighted by Crippen LogP contribution is -2.55. The van der Waals surface area contributed by atoms with Gasteiger partial charge < -0.3 is 15.2 Å².